The van der Waals surface area contributed by atoms with Gasteiger partial charge in [0.1, 0.15) is 0 Å². The molecule has 0 unspecified atom stereocenters. The molecule has 4 aromatic rings. The number of carbonyl (C=O) groups is 2. The van der Waals surface area contributed by atoms with E-state index < -0.39 is 0 Å². The average Bonchev–Trinajstić information content (AvgIpc) is 3.29. The Kier molecular flexibility index (Phi) is 5.25. The molecular formula is C21H18N4O2S. The molecule has 2 heterocycles. The third kappa shape index (κ3) is 3.99. The van der Waals surface area contributed by atoms with Crippen LogP contribution in [0.15, 0.2) is 66.0 Å². The van der Waals surface area contributed by atoms with Gasteiger partial charge in [0.15, 0.2) is 5.78 Å². The number of rotatable bonds is 7. The van der Waals surface area contributed by atoms with Crippen LogP contribution in [-0.4, -0.2) is 26.3 Å². The minimum absolute atomic E-state index is 0.0431. The van der Waals surface area contributed by atoms with Crippen molar-refractivity contribution in [2.45, 2.75) is 19.3 Å². The van der Waals surface area contributed by atoms with E-state index in [-0.39, 0.29) is 24.1 Å². The van der Waals surface area contributed by atoms with Crippen LogP contribution in [0.1, 0.15) is 29.6 Å². The molecule has 4 rings (SSSR count). The topological polar surface area (TPSA) is 76.4 Å². The number of carbonyl (C=O) groups excluding carboxylic acids is 2. The summed E-state index contributed by atoms with van der Waals surface area (Å²) >= 11 is 1.47. The third-order valence-corrected chi connectivity index (χ3v) is 5.12. The molecule has 0 saturated carbocycles. The highest BCUT2D eigenvalue weighted by Gasteiger charge is 2.13. The van der Waals surface area contributed by atoms with E-state index in [1.807, 2.05) is 53.9 Å². The first-order valence-corrected chi connectivity index (χ1v) is 9.86. The van der Waals surface area contributed by atoms with E-state index in [1.165, 1.54) is 11.3 Å². The Morgan fingerprint density at radius 3 is 2.43 bits per heavy atom. The van der Waals surface area contributed by atoms with Gasteiger partial charge in [0.05, 0.1) is 5.69 Å². The third-order valence-electron chi connectivity index (χ3n) is 4.31. The Morgan fingerprint density at radius 2 is 1.68 bits per heavy atom. The zero-order valence-electron chi connectivity index (χ0n) is 15.0. The van der Waals surface area contributed by atoms with Gasteiger partial charge in [-0.2, -0.15) is 4.98 Å². The monoisotopic (exact) mass is 390 g/mol. The predicted molar refractivity (Wildman–Crippen MR) is 110 cm³/mol. The number of anilines is 1. The molecule has 140 valence electrons. The van der Waals surface area contributed by atoms with Crippen LogP contribution in [0.3, 0.4) is 0 Å². The highest BCUT2D eigenvalue weighted by atomic mass is 32.1. The Hall–Kier alpha value is -3.32. The first kappa shape index (κ1) is 18.1. The summed E-state index contributed by atoms with van der Waals surface area (Å²) in [6.45, 7) is 0. The Morgan fingerprint density at radius 1 is 0.964 bits per heavy atom. The van der Waals surface area contributed by atoms with Crippen molar-refractivity contribution in [3.05, 3.63) is 71.6 Å². The van der Waals surface area contributed by atoms with Crippen LogP contribution in [0.5, 0.6) is 0 Å². The number of ketones is 1. The van der Waals surface area contributed by atoms with Crippen LogP contribution >= 0.6 is 11.3 Å². The highest BCUT2D eigenvalue weighted by Crippen LogP contribution is 2.25. The number of amides is 1. The normalized spacial score (nSPS) is 10.9. The van der Waals surface area contributed by atoms with Crippen LogP contribution in [0.4, 0.5) is 5.95 Å². The first-order valence-electron chi connectivity index (χ1n) is 8.98. The van der Waals surface area contributed by atoms with E-state index >= 15 is 0 Å². The van der Waals surface area contributed by atoms with Gasteiger partial charge in [0.2, 0.25) is 16.8 Å². The molecule has 6 nitrogen and oxygen atoms in total. The highest BCUT2D eigenvalue weighted by molar-refractivity contribution is 7.15. The fourth-order valence-electron chi connectivity index (χ4n) is 2.91. The van der Waals surface area contributed by atoms with E-state index in [0.29, 0.717) is 23.4 Å². The minimum atomic E-state index is -0.194. The molecule has 1 amide bonds. The summed E-state index contributed by atoms with van der Waals surface area (Å²) in [5.74, 6) is 0.130. The summed E-state index contributed by atoms with van der Waals surface area (Å²) in [5, 5.41) is 9.11. The van der Waals surface area contributed by atoms with Crippen molar-refractivity contribution in [3.8, 4) is 11.3 Å². The summed E-state index contributed by atoms with van der Waals surface area (Å²) in [7, 11) is 0. The van der Waals surface area contributed by atoms with Gasteiger partial charge < -0.3 is 0 Å². The van der Waals surface area contributed by atoms with Gasteiger partial charge >= 0.3 is 0 Å². The van der Waals surface area contributed by atoms with E-state index in [1.54, 1.807) is 16.6 Å². The van der Waals surface area contributed by atoms with Crippen molar-refractivity contribution in [2.75, 3.05) is 5.32 Å². The molecule has 0 bridgehead atoms. The van der Waals surface area contributed by atoms with Gasteiger partial charge in [-0.25, -0.2) is 4.52 Å². The van der Waals surface area contributed by atoms with Gasteiger partial charge in [-0.05, 0) is 6.42 Å². The average molecular weight is 390 g/mol. The second-order valence-electron chi connectivity index (χ2n) is 6.31. The van der Waals surface area contributed by atoms with Crippen molar-refractivity contribution in [1.29, 1.82) is 0 Å². The summed E-state index contributed by atoms with van der Waals surface area (Å²) in [5.41, 5.74) is 2.64. The van der Waals surface area contributed by atoms with Crippen LogP contribution in [0.2, 0.25) is 0 Å². The van der Waals surface area contributed by atoms with Crippen molar-refractivity contribution < 1.29 is 9.59 Å². The molecule has 2 aromatic heterocycles. The largest absolute Gasteiger partial charge is 0.294 e. The first-order chi connectivity index (χ1) is 13.7. The number of hydrogen-bond acceptors (Lipinski definition) is 5. The molecule has 0 fully saturated rings. The van der Waals surface area contributed by atoms with E-state index in [4.69, 9.17) is 0 Å². The van der Waals surface area contributed by atoms with Crippen molar-refractivity contribution in [3.63, 3.8) is 0 Å². The molecule has 0 spiro atoms. The SMILES string of the molecule is O=C(CCCC(=O)c1ccccc1)Nc1nc2scc(-c3ccccc3)n2n1. The number of hydrogen-bond donors (Lipinski definition) is 1. The lowest BCUT2D eigenvalue weighted by Crippen LogP contribution is -2.13. The maximum absolute atomic E-state index is 12.2. The maximum atomic E-state index is 12.2. The number of thiazole rings is 1. The van der Waals surface area contributed by atoms with Crippen LogP contribution in [0, 0.1) is 0 Å². The molecular weight excluding hydrogens is 372 g/mol. The second kappa shape index (κ2) is 8.14. The summed E-state index contributed by atoms with van der Waals surface area (Å²) in [6, 6.07) is 19.0. The molecule has 7 heteroatoms. The van der Waals surface area contributed by atoms with Crippen LogP contribution in [-0.2, 0) is 4.79 Å². The number of nitrogens with one attached hydrogen (secondary N) is 1. The summed E-state index contributed by atoms with van der Waals surface area (Å²) in [4.78, 5) is 29.3. The van der Waals surface area contributed by atoms with Gasteiger partial charge in [0.25, 0.3) is 0 Å². The summed E-state index contributed by atoms with van der Waals surface area (Å²) < 4.78 is 1.73. The maximum Gasteiger partial charge on any atom is 0.250 e. The van der Waals surface area contributed by atoms with Crippen LogP contribution in [0.25, 0.3) is 16.2 Å². The second-order valence-corrected chi connectivity index (χ2v) is 7.14. The fraction of sp³-hybridized carbons (Fsp3) is 0.143. The smallest absolute Gasteiger partial charge is 0.250 e. The predicted octanol–water partition coefficient (Wildman–Crippen LogP) is 4.45. The van der Waals surface area contributed by atoms with E-state index in [9.17, 15) is 9.59 Å². The summed E-state index contributed by atoms with van der Waals surface area (Å²) in [6.07, 6.45) is 1.06. The number of Topliss-reactive ketones (excluding diaryl/α,β-unsaturated/α-hetero) is 1. The Balaban J connectivity index is 1.35. The lowest BCUT2D eigenvalue weighted by atomic mass is 10.1. The fourth-order valence-corrected chi connectivity index (χ4v) is 3.74. The van der Waals surface area contributed by atoms with Gasteiger partial charge in [-0.1, -0.05) is 60.7 Å². The zero-order valence-corrected chi connectivity index (χ0v) is 15.9. The minimum Gasteiger partial charge on any atom is -0.294 e. The van der Waals surface area contributed by atoms with Crippen molar-refractivity contribution >= 4 is 33.9 Å². The Bertz CT molecular complexity index is 1100. The number of nitrogens with zero attached hydrogens (tertiary/aromatic N) is 3. The molecule has 0 atom stereocenters. The lowest BCUT2D eigenvalue weighted by Gasteiger charge is -2.02. The van der Waals surface area contributed by atoms with Crippen LogP contribution < -0.4 is 5.32 Å². The quantitative estimate of drug-likeness (QED) is 0.473. The number of fused-ring (bicyclic) bond motifs is 1. The van der Waals surface area contributed by atoms with E-state index in [0.717, 1.165) is 11.3 Å². The van der Waals surface area contributed by atoms with Crippen molar-refractivity contribution in [2.24, 2.45) is 0 Å². The van der Waals surface area contributed by atoms with E-state index in [2.05, 4.69) is 15.4 Å². The molecule has 1 N–H and O–H groups in total. The standard InChI is InChI=1S/C21H18N4O2S/c26-18(16-10-5-2-6-11-16)12-7-13-19(27)22-20-23-21-25(24-20)17(14-28-21)15-8-3-1-4-9-15/h1-6,8-11,14H,7,12-13H2,(H,22,24,27). The lowest BCUT2D eigenvalue weighted by molar-refractivity contribution is -0.116. The van der Waals surface area contributed by atoms with Crippen molar-refractivity contribution in [1.82, 2.24) is 14.6 Å². The molecule has 2 aromatic carbocycles. The number of benzene rings is 2. The molecule has 0 radical (unpaired) electrons. The molecule has 0 aliphatic rings. The van der Waals surface area contributed by atoms with Gasteiger partial charge in [0, 0.05) is 29.3 Å². The number of aromatic nitrogens is 3. The molecule has 0 aliphatic heterocycles. The molecule has 0 aliphatic carbocycles. The Labute approximate surface area is 165 Å². The van der Waals surface area contributed by atoms with Gasteiger partial charge in [-0.15, -0.1) is 16.4 Å². The zero-order chi connectivity index (χ0) is 19.3. The molecule has 0 saturated heterocycles. The van der Waals surface area contributed by atoms with Gasteiger partial charge in [-0.3, -0.25) is 14.9 Å². The molecule has 28 heavy (non-hydrogen) atoms.